The summed E-state index contributed by atoms with van der Waals surface area (Å²) in [7, 11) is 6.45. The van der Waals surface area contributed by atoms with E-state index in [0.717, 1.165) is 42.3 Å². The van der Waals surface area contributed by atoms with E-state index in [1.807, 2.05) is 0 Å². The van der Waals surface area contributed by atoms with Crippen molar-refractivity contribution < 1.29 is 28.2 Å². The molecule has 0 heterocycles. The second-order valence-electron chi connectivity index (χ2n) is 11.7. The van der Waals surface area contributed by atoms with Gasteiger partial charge in [-0.05, 0) is 31.1 Å². The van der Waals surface area contributed by atoms with E-state index in [2.05, 4.69) is 28.1 Å². The molecule has 1 aliphatic carbocycles. The summed E-state index contributed by atoms with van der Waals surface area (Å²) in [5.74, 6) is 1.94. The van der Waals surface area contributed by atoms with E-state index in [4.69, 9.17) is 18.9 Å². The molecule has 0 bridgehead atoms. The number of hydrogen-bond donors (Lipinski definition) is 0. The van der Waals surface area contributed by atoms with Gasteiger partial charge in [-0.1, -0.05) is 77.6 Å². The van der Waals surface area contributed by atoms with Crippen LogP contribution in [0.25, 0.3) is 0 Å². The molecule has 0 radical (unpaired) electrons. The lowest BCUT2D eigenvalue weighted by atomic mass is 9.69. The molecule has 0 spiro atoms. The highest BCUT2D eigenvalue weighted by atomic mass is 16.6. The average Bonchev–Trinajstić information content (AvgIpc) is 2.82. The number of quaternary nitrogens is 1. The number of hydrogen-bond acceptors (Lipinski definition) is 5. The van der Waals surface area contributed by atoms with Gasteiger partial charge in [0.15, 0.2) is 0 Å². The number of nitrogens with zero attached hydrogens (tertiary/aromatic N) is 1. The third kappa shape index (κ3) is 20.4. The smallest absolute Gasteiger partial charge is 0.305 e. The number of rotatable bonds is 26. The van der Waals surface area contributed by atoms with Crippen molar-refractivity contribution in [1.82, 2.24) is 0 Å². The van der Waals surface area contributed by atoms with Crippen LogP contribution in [0, 0.1) is 11.8 Å². The highest BCUT2D eigenvalue weighted by Crippen LogP contribution is 2.41. The molecule has 1 saturated carbocycles. The first-order chi connectivity index (χ1) is 17.4. The number of carbonyl (C=O) groups excluding carboxylic acids is 1. The van der Waals surface area contributed by atoms with Crippen molar-refractivity contribution in [3.63, 3.8) is 0 Å². The van der Waals surface area contributed by atoms with Crippen LogP contribution in [0.3, 0.4) is 0 Å². The van der Waals surface area contributed by atoms with Crippen LogP contribution >= 0.6 is 0 Å². The van der Waals surface area contributed by atoms with Crippen LogP contribution in [0.15, 0.2) is 0 Å². The molecule has 1 fully saturated rings. The molecule has 0 aromatic rings. The Morgan fingerprint density at radius 2 is 1.11 bits per heavy atom. The van der Waals surface area contributed by atoms with Gasteiger partial charge in [0, 0.05) is 6.42 Å². The number of unbranched alkanes of at least 4 members (excludes halogenated alkanes) is 8. The van der Waals surface area contributed by atoms with Gasteiger partial charge >= 0.3 is 5.97 Å². The molecule has 1 rings (SSSR count). The zero-order valence-electron chi connectivity index (χ0n) is 24.4. The topological polar surface area (TPSA) is 54.0 Å². The summed E-state index contributed by atoms with van der Waals surface area (Å²) in [6.45, 7) is 7.01. The molecule has 6 nitrogen and oxygen atoms in total. The SMILES string of the molecule is CCCCCCCC1CCC1CCCCCCCC(=O)OCCOCCOCCOCC[N+](C)(C)C. The van der Waals surface area contributed by atoms with Crippen LogP contribution in [0.4, 0.5) is 0 Å². The summed E-state index contributed by atoms with van der Waals surface area (Å²) in [6.07, 6.45) is 19.4. The van der Waals surface area contributed by atoms with Crippen LogP contribution in [0.2, 0.25) is 0 Å². The van der Waals surface area contributed by atoms with Crippen LogP contribution in [-0.4, -0.2) is 84.4 Å². The maximum atomic E-state index is 11.9. The van der Waals surface area contributed by atoms with Gasteiger partial charge in [-0.2, -0.15) is 0 Å². The second kappa shape index (κ2) is 22.3. The molecular formula is C30H60NO5+. The van der Waals surface area contributed by atoms with E-state index in [1.54, 1.807) is 0 Å². The van der Waals surface area contributed by atoms with E-state index < -0.39 is 0 Å². The van der Waals surface area contributed by atoms with Crippen LogP contribution in [0.1, 0.15) is 103 Å². The number of ether oxygens (including phenoxy) is 4. The Hall–Kier alpha value is -0.690. The largest absolute Gasteiger partial charge is 0.463 e. The van der Waals surface area contributed by atoms with E-state index in [0.29, 0.717) is 46.1 Å². The maximum absolute atomic E-state index is 11.9. The summed E-state index contributed by atoms with van der Waals surface area (Å²) in [4.78, 5) is 11.9. The molecule has 0 saturated heterocycles. The molecule has 0 aromatic carbocycles. The van der Waals surface area contributed by atoms with Crippen molar-refractivity contribution in [2.24, 2.45) is 11.8 Å². The molecule has 36 heavy (non-hydrogen) atoms. The van der Waals surface area contributed by atoms with Gasteiger partial charge < -0.3 is 23.4 Å². The van der Waals surface area contributed by atoms with Crippen LogP contribution < -0.4 is 0 Å². The normalized spacial score (nSPS) is 17.8. The summed E-state index contributed by atoms with van der Waals surface area (Å²) in [5.41, 5.74) is 0. The Balaban J connectivity index is 1.78. The van der Waals surface area contributed by atoms with E-state index in [1.165, 1.54) is 77.0 Å². The van der Waals surface area contributed by atoms with Crippen molar-refractivity contribution >= 4 is 5.97 Å². The first-order valence-electron chi connectivity index (χ1n) is 15.1. The molecule has 0 amide bonds. The van der Waals surface area contributed by atoms with Crippen LogP contribution in [0.5, 0.6) is 0 Å². The third-order valence-electron chi connectivity index (χ3n) is 7.35. The minimum absolute atomic E-state index is 0.0999. The average molecular weight is 515 g/mol. The van der Waals surface area contributed by atoms with Crippen molar-refractivity contribution in [2.75, 3.05) is 73.9 Å². The highest BCUT2D eigenvalue weighted by Gasteiger charge is 2.29. The maximum Gasteiger partial charge on any atom is 0.305 e. The minimum atomic E-state index is -0.0999. The molecule has 6 heteroatoms. The first kappa shape index (κ1) is 33.3. The molecule has 0 aromatic heterocycles. The summed E-state index contributed by atoms with van der Waals surface area (Å²) < 4.78 is 22.6. The fourth-order valence-corrected chi connectivity index (χ4v) is 4.78. The van der Waals surface area contributed by atoms with Gasteiger partial charge in [0.1, 0.15) is 13.2 Å². The molecule has 2 atom stereocenters. The van der Waals surface area contributed by atoms with Gasteiger partial charge in [-0.3, -0.25) is 4.79 Å². The zero-order chi connectivity index (χ0) is 26.3. The number of esters is 1. The summed E-state index contributed by atoms with van der Waals surface area (Å²) in [6, 6.07) is 0. The fourth-order valence-electron chi connectivity index (χ4n) is 4.78. The minimum Gasteiger partial charge on any atom is -0.463 e. The molecule has 2 unspecified atom stereocenters. The van der Waals surface area contributed by atoms with E-state index in [-0.39, 0.29) is 5.97 Å². The van der Waals surface area contributed by atoms with Crippen molar-refractivity contribution in [1.29, 1.82) is 0 Å². The monoisotopic (exact) mass is 514 g/mol. The molecule has 1 aliphatic rings. The lowest BCUT2D eigenvalue weighted by Gasteiger charge is -2.37. The lowest BCUT2D eigenvalue weighted by Crippen LogP contribution is -2.37. The number of carbonyl (C=O) groups is 1. The summed E-state index contributed by atoms with van der Waals surface area (Å²) in [5, 5.41) is 0. The van der Waals surface area contributed by atoms with Gasteiger partial charge in [0.25, 0.3) is 0 Å². The Kier molecular flexibility index (Phi) is 20.7. The van der Waals surface area contributed by atoms with Gasteiger partial charge in [-0.15, -0.1) is 0 Å². The fraction of sp³-hybridized carbons (Fsp3) is 0.967. The predicted molar refractivity (Wildman–Crippen MR) is 148 cm³/mol. The Morgan fingerprint density at radius 1 is 0.639 bits per heavy atom. The standard InChI is InChI=1S/C30H60NO5/c1-5-6-7-9-12-15-28-18-19-29(28)16-13-10-8-11-14-17-30(32)36-27-26-35-25-24-34-23-22-33-21-20-31(2,3)4/h28-29H,5-27H2,1-4H3/q+1. The van der Waals surface area contributed by atoms with Crippen LogP contribution in [-0.2, 0) is 23.7 Å². The highest BCUT2D eigenvalue weighted by molar-refractivity contribution is 5.69. The van der Waals surface area contributed by atoms with Gasteiger partial charge in [0.05, 0.1) is 60.8 Å². The molecular weight excluding hydrogens is 454 g/mol. The Bertz CT molecular complexity index is 508. The second-order valence-corrected chi connectivity index (χ2v) is 11.7. The van der Waals surface area contributed by atoms with Gasteiger partial charge in [-0.25, -0.2) is 0 Å². The quantitative estimate of drug-likeness (QED) is 0.0759. The van der Waals surface area contributed by atoms with E-state index >= 15 is 0 Å². The molecule has 0 N–H and O–H groups in total. The third-order valence-corrected chi connectivity index (χ3v) is 7.35. The predicted octanol–water partition coefficient (Wildman–Crippen LogP) is 6.40. The molecule has 214 valence electrons. The van der Waals surface area contributed by atoms with Crippen molar-refractivity contribution in [3.8, 4) is 0 Å². The molecule has 0 aliphatic heterocycles. The zero-order valence-corrected chi connectivity index (χ0v) is 24.4. The summed E-state index contributed by atoms with van der Waals surface area (Å²) >= 11 is 0. The van der Waals surface area contributed by atoms with Gasteiger partial charge in [0.2, 0.25) is 0 Å². The first-order valence-corrected chi connectivity index (χ1v) is 15.1. The number of likely N-dealkylation sites (N-methyl/N-ethyl adjacent to an activating group) is 1. The lowest BCUT2D eigenvalue weighted by molar-refractivity contribution is -0.870. The van der Waals surface area contributed by atoms with Crippen molar-refractivity contribution in [2.45, 2.75) is 103 Å². The van der Waals surface area contributed by atoms with E-state index in [9.17, 15) is 4.79 Å². The Morgan fingerprint density at radius 3 is 1.64 bits per heavy atom. The Labute approximate surface area is 223 Å². The van der Waals surface area contributed by atoms with Crippen molar-refractivity contribution in [3.05, 3.63) is 0 Å².